The summed E-state index contributed by atoms with van der Waals surface area (Å²) in [6.45, 7) is 2.18. The van der Waals surface area contributed by atoms with Crippen LogP contribution in [-0.4, -0.2) is 0 Å². The van der Waals surface area contributed by atoms with E-state index in [1.54, 1.807) is 11.3 Å². The van der Waals surface area contributed by atoms with Gasteiger partial charge in [0.25, 0.3) is 0 Å². The smallest absolute Gasteiger partial charge is 0.0578 e. The highest BCUT2D eigenvalue weighted by molar-refractivity contribution is 14.1. The Balaban J connectivity index is 2.10. The van der Waals surface area contributed by atoms with E-state index in [9.17, 15) is 0 Å². The number of benzene rings is 1. The third kappa shape index (κ3) is 3.21. The van der Waals surface area contributed by atoms with Crippen molar-refractivity contribution in [2.75, 3.05) is 5.32 Å². The number of hydrogen-bond donors (Lipinski definition) is 1. The van der Waals surface area contributed by atoms with Crippen molar-refractivity contribution in [3.8, 4) is 0 Å². The van der Waals surface area contributed by atoms with Crippen LogP contribution in [0.25, 0.3) is 0 Å². The highest BCUT2D eigenvalue weighted by atomic mass is 127. The van der Waals surface area contributed by atoms with Gasteiger partial charge in [0.15, 0.2) is 0 Å². The first-order valence-electron chi connectivity index (χ1n) is 4.91. The summed E-state index contributed by atoms with van der Waals surface area (Å²) in [5, 5.41) is 5.61. The van der Waals surface area contributed by atoms with Gasteiger partial charge in [-0.3, -0.25) is 0 Å². The molecule has 0 fully saturated rings. The lowest BCUT2D eigenvalue weighted by molar-refractivity contribution is 0.907. The van der Waals surface area contributed by atoms with Gasteiger partial charge in [0.1, 0.15) is 0 Å². The molecule has 1 unspecified atom stereocenters. The molecule has 0 saturated carbocycles. The van der Waals surface area contributed by atoms with Gasteiger partial charge in [0.2, 0.25) is 0 Å². The molecule has 1 heterocycles. The summed E-state index contributed by atoms with van der Waals surface area (Å²) in [6.07, 6.45) is 0. The van der Waals surface area contributed by atoms with Crippen LogP contribution < -0.4 is 5.32 Å². The van der Waals surface area contributed by atoms with Crippen molar-refractivity contribution in [1.82, 2.24) is 0 Å². The number of anilines is 1. The Hall–Kier alpha value is -0.0700. The molecule has 0 aliphatic carbocycles. The van der Waals surface area contributed by atoms with Gasteiger partial charge in [-0.15, -0.1) is 11.3 Å². The molecule has 0 bridgehead atoms. The minimum absolute atomic E-state index is 0.342. The van der Waals surface area contributed by atoms with Crippen LogP contribution in [0.3, 0.4) is 0 Å². The standard InChI is InChI=1S/C12H11BrINS/c1-8(12-5-9(13)7-16-12)15-11-4-2-3-10(14)6-11/h2-8,15H,1H3. The van der Waals surface area contributed by atoms with Gasteiger partial charge in [0, 0.05) is 24.0 Å². The van der Waals surface area contributed by atoms with Crippen LogP contribution in [0.2, 0.25) is 0 Å². The molecule has 16 heavy (non-hydrogen) atoms. The molecule has 1 aromatic carbocycles. The maximum absolute atomic E-state index is 3.50. The van der Waals surface area contributed by atoms with Crippen molar-refractivity contribution in [2.45, 2.75) is 13.0 Å². The summed E-state index contributed by atoms with van der Waals surface area (Å²) in [5.74, 6) is 0. The van der Waals surface area contributed by atoms with Gasteiger partial charge in [-0.05, 0) is 69.7 Å². The van der Waals surface area contributed by atoms with Crippen molar-refractivity contribution >= 4 is 55.5 Å². The molecule has 0 aliphatic rings. The fraction of sp³-hybridized carbons (Fsp3) is 0.167. The second-order valence-corrected chi connectivity index (χ2v) is 6.65. The summed E-state index contributed by atoms with van der Waals surface area (Å²) in [6, 6.07) is 10.9. The van der Waals surface area contributed by atoms with E-state index < -0.39 is 0 Å². The molecule has 0 saturated heterocycles. The molecular formula is C12H11BrINS. The zero-order chi connectivity index (χ0) is 11.5. The molecule has 0 amide bonds. The van der Waals surface area contributed by atoms with Crippen molar-refractivity contribution in [2.24, 2.45) is 0 Å². The van der Waals surface area contributed by atoms with Gasteiger partial charge in [-0.25, -0.2) is 0 Å². The summed E-state index contributed by atoms with van der Waals surface area (Å²) < 4.78 is 2.41. The molecule has 1 N–H and O–H groups in total. The topological polar surface area (TPSA) is 12.0 Å². The number of nitrogens with one attached hydrogen (secondary N) is 1. The summed E-state index contributed by atoms with van der Waals surface area (Å²) >= 11 is 7.57. The molecular weight excluding hydrogens is 397 g/mol. The Bertz CT molecular complexity index is 483. The summed E-state index contributed by atoms with van der Waals surface area (Å²) in [5.41, 5.74) is 1.17. The first-order valence-corrected chi connectivity index (χ1v) is 7.66. The van der Waals surface area contributed by atoms with Crippen molar-refractivity contribution in [1.29, 1.82) is 0 Å². The zero-order valence-electron chi connectivity index (χ0n) is 8.71. The first kappa shape index (κ1) is 12.4. The van der Waals surface area contributed by atoms with Crippen LogP contribution in [0.5, 0.6) is 0 Å². The SMILES string of the molecule is CC(Nc1cccc(I)c1)c1cc(Br)cs1. The highest BCUT2D eigenvalue weighted by Gasteiger charge is 2.07. The van der Waals surface area contributed by atoms with Crippen LogP contribution in [0, 0.1) is 3.57 Å². The monoisotopic (exact) mass is 407 g/mol. The minimum atomic E-state index is 0.342. The number of hydrogen-bond acceptors (Lipinski definition) is 2. The molecule has 1 nitrogen and oxygen atoms in total. The molecule has 4 heteroatoms. The molecule has 0 aliphatic heterocycles. The van der Waals surface area contributed by atoms with Gasteiger partial charge < -0.3 is 5.32 Å². The quantitative estimate of drug-likeness (QED) is 0.681. The normalized spacial score (nSPS) is 12.4. The molecule has 0 spiro atoms. The highest BCUT2D eigenvalue weighted by Crippen LogP contribution is 2.28. The van der Waals surface area contributed by atoms with Gasteiger partial charge in [-0.2, -0.15) is 0 Å². The fourth-order valence-electron chi connectivity index (χ4n) is 1.45. The third-order valence-corrected chi connectivity index (χ3v) is 4.77. The average molecular weight is 408 g/mol. The Kier molecular flexibility index (Phi) is 4.27. The summed E-state index contributed by atoms with van der Waals surface area (Å²) in [4.78, 5) is 1.34. The summed E-state index contributed by atoms with van der Waals surface area (Å²) in [7, 11) is 0. The maximum Gasteiger partial charge on any atom is 0.0578 e. The number of rotatable bonds is 3. The van der Waals surface area contributed by atoms with Crippen molar-refractivity contribution < 1.29 is 0 Å². The van der Waals surface area contributed by atoms with Crippen LogP contribution in [-0.2, 0) is 0 Å². The second kappa shape index (κ2) is 5.51. The molecule has 2 aromatic rings. The van der Waals surface area contributed by atoms with E-state index in [1.165, 1.54) is 14.1 Å². The maximum atomic E-state index is 3.50. The van der Waals surface area contributed by atoms with Crippen molar-refractivity contribution in [3.05, 3.63) is 48.6 Å². The first-order chi connectivity index (χ1) is 7.65. The predicted molar refractivity (Wildman–Crippen MR) is 83.2 cm³/mol. The molecule has 1 atom stereocenters. The van der Waals surface area contributed by atoms with E-state index >= 15 is 0 Å². The van der Waals surface area contributed by atoms with Crippen LogP contribution in [0.4, 0.5) is 5.69 Å². The van der Waals surface area contributed by atoms with E-state index in [0.29, 0.717) is 6.04 Å². The Morgan fingerprint density at radius 1 is 1.38 bits per heavy atom. The molecule has 1 aromatic heterocycles. The molecule has 0 radical (unpaired) electrons. The largest absolute Gasteiger partial charge is 0.378 e. The Morgan fingerprint density at radius 3 is 2.81 bits per heavy atom. The van der Waals surface area contributed by atoms with Gasteiger partial charge in [0.05, 0.1) is 6.04 Å². The molecule has 2 rings (SSSR count). The molecule has 84 valence electrons. The number of thiophene rings is 1. The van der Waals surface area contributed by atoms with Gasteiger partial charge >= 0.3 is 0 Å². The number of halogens is 2. The Labute approximate surface area is 122 Å². The average Bonchev–Trinajstić information content (AvgIpc) is 2.65. The van der Waals surface area contributed by atoms with E-state index in [1.807, 2.05) is 0 Å². The van der Waals surface area contributed by atoms with E-state index in [0.717, 1.165) is 4.47 Å². The Morgan fingerprint density at radius 2 is 2.19 bits per heavy atom. The predicted octanol–water partition coefficient (Wildman–Crippen LogP) is 5.29. The van der Waals surface area contributed by atoms with Crippen molar-refractivity contribution in [3.63, 3.8) is 0 Å². The minimum Gasteiger partial charge on any atom is -0.378 e. The van der Waals surface area contributed by atoms with E-state index in [2.05, 4.69) is 86.5 Å². The van der Waals surface area contributed by atoms with Gasteiger partial charge in [-0.1, -0.05) is 6.07 Å². The fourth-order valence-corrected chi connectivity index (χ4v) is 3.45. The lowest BCUT2D eigenvalue weighted by Gasteiger charge is -2.13. The van der Waals surface area contributed by atoms with E-state index in [4.69, 9.17) is 0 Å². The van der Waals surface area contributed by atoms with Crippen LogP contribution in [0.1, 0.15) is 17.8 Å². The zero-order valence-corrected chi connectivity index (χ0v) is 13.3. The second-order valence-electron chi connectivity index (χ2n) is 3.54. The third-order valence-electron chi connectivity index (χ3n) is 2.22. The lowest BCUT2D eigenvalue weighted by atomic mass is 10.2. The van der Waals surface area contributed by atoms with Crippen LogP contribution in [0.15, 0.2) is 40.2 Å². The van der Waals surface area contributed by atoms with Crippen LogP contribution >= 0.6 is 49.9 Å². The van der Waals surface area contributed by atoms with E-state index in [-0.39, 0.29) is 0 Å². The lowest BCUT2D eigenvalue weighted by Crippen LogP contribution is -2.04.